The second kappa shape index (κ2) is 3.26. The molecule has 64 valence electrons. The van der Waals surface area contributed by atoms with Gasteiger partial charge in [-0.15, -0.1) is 0 Å². The predicted molar refractivity (Wildman–Crippen MR) is 46.1 cm³/mol. The van der Waals surface area contributed by atoms with E-state index in [9.17, 15) is 4.79 Å². The van der Waals surface area contributed by atoms with Crippen molar-refractivity contribution in [1.29, 1.82) is 0 Å². The number of ether oxygens (including phenoxy) is 1. The summed E-state index contributed by atoms with van der Waals surface area (Å²) in [6.45, 7) is 1.79. The van der Waals surface area contributed by atoms with Gasteiger partial charge in [0.15, 0.2) is 0 Å². The Morgan fingerprint density at radius 2 is 2.17 bits per heavy atom. The zero-order valence-electron chi connectivity index (χ0n) is 7.13. The quantitative estimate of drug-likeness (QED) is 0.587. The Morgan fingerprint density at radius 1 is 1.50 bits per heavy atom. The molecule has 3 nitrogen and oxygen atoms in total. The monoisotopic (exact) mass is 165 g/mol. The SMILES string of the molecule is COC(=O)C1=CC(=C(C)N)C=C1. The first-order valence-electron chi connectivity index (χ1n) is 3.59. The number of hydrogen-bond donors (Lipinski definition) is 1. The summed E-state index contributed by atoms with van der Waals surface area (Å²) in [5.41, 5.74) is 7.64. The standard InChI is InChI=1S/C9H11NO2/c1-6(10)7-3-4-8(5-7)9(11)12-2/h3-5H,10H2,1-2H3. The summed E-state index contributed by atoms with van der Waals surface area (Å²) in [4.78, 5) is 11.0. The molecule has 0 atom stereocenters. The molecule has 0 saturated heterocycles. The molecule has 0 amide bonds. The number of carbonyl (C=O) groups is 1. The van der Waals surface area contributed by atoms with Crippen molar-refractivity contribution >= 4 is 5.97 Å². The Kier molecular flexibility index (Phi) is 2.33. The van der Waals surface area contributed by atoms with Crippen LogP contribution in [0.15, 0.2) is 35.1 Å². The first-order valence-corrected chi connectivity index (χ1v) is 3.59. The fourth-order valence-electron chi connectivity index (χ4n) is 0.933. The zero-order chi connectivity index (χ0) is 9.14. The molecule has 1 rings (SSSR count). The first kappa shape index (κ1) is 8.59. The van der Waals surface area contributed by atoms with Crippen LogP contribution in [-0.4, -0.2) is 13.1 Å². The minimum atomic E-state index is -0.331. The van der Waals surface area contributed by atoms with Crippen LogP contribution in [0.3, 0.4) is 0 Å². The van der Waals surface area contributed by atoms with Crippen LogP contribution in [0, 0.1) is 0 Å². The third-order valence-corrected chi connectivity index (χ3v) is 1.63. The number of esters is 1. The van der Waals surface area contributed by atoms with Crippen LogP contribution in [0.25, 0.3) is 0 Å². The topological polar surface area (TPSA) is 52.3 Å². The van der Waals surface area contributed by atoms with E-state index in [0.29, 0.717) is 11.3 Å². The van der Waals surface area contributed by atoms with E-state index in [0.717, 1.165) is 5.57 Å². The Bertz CT molecular complexity index is 294. The number of allylic oxidation sites excluding steroid dienone is 4. The molecular weight excluding hydrogens is 154 g/mol. The minimum absolute atomic E-state index is 0.331. The van der Waals surface area contributed by atoms with Gasteiger partial charge in [-0.05, 0) is 24.6 Å². The van der Waals surface area contributed by atoms with E-state index in [1.54, 1.807) is 25.2 Å². The molecule has 0 bridgehead atoms. The fraction of sp³-hybridized carbons (Fsp3) is 0.222. The molecule has 0 radical (unpaired) electrons. The van der Waals surface area contributed by atoms with Crippen molar-refractivity contribution in [2.24, 2.45) is 5.73 Å². The lowest BCUT2D eigenvalue weighted by Gasteiger charge is -1.95. The summed E-state index contributed by atoms with van der Waals surface area (Å²) in [6.07, 6.45) is 5.19. The van der Waals surface area contributed by atoms with Gasteiger partial charge < -0.3 is 10.5 Å². The van der Waals surface area contributed by atoms with Crippen molar-refractivity contribution in [3.63, 3.8) is 0 Å². The van der Waals surface area contributed by atoms with Crippen molar-refractivity contribution in [3.05, 3.63) is 35.1 Å². The summed E-state index contributed by atoms with van der Waals surface area (Å²) >= 11 is 0. The van der Waals surface area contributed by atoms with Gasteiger partial charge in [-0.1, -0.05) is 6.08 Å². The lowest BCUT2D eigenvalue weighted by Crippen LogP contribution is -2.01. The molecule has 0 aliphatic heterocycles. The highest BCUT2D eigenvalue weighted by Gasteiger charge is 2.11. The maximum absolute atomic E-state index is 11.0. The van der Waals surface area contributed by atoms with Crippen molar-refractivity contribution in [2.75, 3.05) is 7.11 Å². The first-order chi connectivity index (χ1) is 5.65. The summed E-state index contributed by atoms with van der Waals surface area (Å²) < 4.78 is 4.54. The van der Waals surface area contributed by atoms with Crippen LogP contribution in [0.2, 0.25) is 0 Å². The van der Waals surface area contributed by atoms with Crippen LogP contribution in [-0.2, 0) is 9.53 Å². The van der Waals surface area contributed by atoms with Gasteiger partial charge in [0.1, 0.15) is 0 Å². The molecule has 2 N–H and O–H groups in total. The van der Waals surface area contributed by atoms with Crippen LogP contribution < -0.4 is 5.73 Å². The van der Waals surface area contributed by atoms with Crippen molar-refractivity contribution in [2.45, 2.75) is 6.92 Å². The van der Waals surface area contributed by atoms with Gasteiger partial charge in [-0.2, -0.15) is 0 Å². The molecule has 12 heavy (non-hydrogen) atoms. The third kappa shape index (κ3) is 1.56. The Balaban J connectivity index is 2.89. The summed E-state index contributed by atoms with van der Waals surface area (Å²) in [6, 6.07) is 0. The molecule has 0 unspecified atom stereocenters. The number of hydrogen-bond acceptors (Lipinski definition) is 3. The normalized spacial score (nSPS) is 19.0. The van der Waals surface area contributed by atoms with Gasteiger partial charge in [0, 0.05) is 5.70 Å². The van der Waals surface area contributed by atoms with Crippen LogP contribution in [0.4, 0.5) is 0 Å². The second-order valence-electron chi connectivity index (χ2n) is 2.56. The lowest BCUT2D eigenvalue weighted by atomic mass is 10.2. The molecule has 1 aliphatic carbocycles. The van der Waals surface area contributed by atoms with Crippen molar-refractivity contribution in [1.82, 2.24) is 0 Å². The van der Waals surface area contributed by atoms with Crippen LogP contribution in [0.1, 0.15) is 6.92 Å². The third-order valence-electron chi connectivity index (χ3n) is 1.63. The van der Waals surface area contributed by atoms with Gasteiger partial charge in [-0.25, -0.2) is 4.79 Å². The van der Waals surface area contributed by atoms with Crippen LogP contribution in [0.5, 0.6) is 0 Å². The number of methoxy groups -OCH3 is 1. The molecule has 0 spiro atoms. The Labute approximate surface area is 71.2 Å². The Morgan fingerprint density at radius 3 is 2.58 bits per heavy atom. The molecule has 0 fully saturated rings. The smallest absolute Gasteiger partial charge is 0.337 e. The number of rotatable bonds is 1. The highest BCUT2D eigenvalue weighted by Crippen LogP contribution is 2.17. The largest absolute Gasteiger partial charge is 0.465 e. The molecule has 3 heteroatoms. The second-order valence-corrected chi connectivity index (χ2v) is 2.56. The van der Waals surface area contributed by atoms with Crippen molar-refractivity contribution in [3.8, 4) is 0 Å². The van der Waals surface area contributed by atoms with E-state index >= 15 is 0 Å². The summed E-state index contributed by atoms with van der Waals surface area (Å²) in [5, 5.41) is 0. The van der Waals surface area contributed by atoms with Crippen LogP contribution >= 0.6 is 0 Å². The van der Waals surface area contributed by atoms with Gasteiger partial charge >= 0.3 is 5.97 Å². The van der Waals surface area contributed by atoms with E-state index in [4.69, 9.17) is 5.73 Å². The summed E-state index contributed by atoms with van der Waals surface area (Å²) in [5.74, 6) is -0.331. The maximum atomic E-state index is 11.0. The predicted octanol–water partition coefficient (Wildman–Crippen LogP) is 0.888. The molecule has 0 aromatic heterocycles. The van der Waals surface area contributed by atoms with Gasteiger partial charge in [0.25, 0.3) is 0 Å². The van der Waals surface area contributed by atoms with Gasteiger partial charge in [-0.3, -0.25) is 0 Å². The van der Waals surface area contributed by atoms with E-state index in [1.807, 2.05) is 0 Å². The van der Waals surface area contributed by atoms with Gasteiger partial charge in [0.2, 0.25) is 0 Å². The summed E-state index contributed by atoms with van der Waals surface area (Å²) in [7, 11) is 1.36. The molecule has 0 aromatic rings. The number of carbonyl (C=O) groups excluding carboxylic acids is 1. The van der Waals surface area contributed by atoms with E-state index in [2.05, 4.69) is 4.74 Å². The van der Waals surface area contributed by atoms with Crippen molar-refractivity contribution < 1.29 is 9.53 Å². The molecule has 0 heterocycles. The average Bonchev–Trinajstić information content (AvgIpc) is 2.51. The zero-order valence-corrected chi connectivity index (χ0v) is 7.13. The fourth-order valence-corrected chi connectivity index (χ4v) is 0.933. The number of nitrogens with two attached hydrogens (primary N) is 1. The highest BCUT2D eigenvalue weighted by atomic mass is 16.5. The lowest BCUT2D eigenvalue weighted by molar-refractivity contribution is -0.135. The highest BCUT2D eigenvalue weighted by molar-refractivity contribution is 5.93. The Hall–Kier alpha value is -1.51. The van der Waals surface area contributed by atoms with E-state index < -0.39 is 0 Å². The minimum Gasteiger partial charge on any atom is -0.465 e. The molecular formula is C9H11NO2. The maximum Gasteiger partial charge on any atom is 0.337 e. The van der Waals surface area contributed by atoms with E-state index in [-0.39, 0.29) is 5.97 Å². The molecule has 1 aliphatic rings. The van der Waals surface area contributed by atoms with Gasteiger partial charge in [0.05, 0.1) is 12.7 Å². The molecule has 0 aromatic carbocycles. The molecule has 0 saturated carbocycles. The van der Waals surface area contributed by atoms with E-state index in [1.165, 1.54) is 7.11 Å². The average molecular weight is 165 g/mol.